The van der Waals surface area contributed by atoms with Gasteiger partial charge < -0.3 is 25.4 Å². The molecule has 5 N–H and O–H groups in total. The topological polar surface area (TPSA) is 217 Å². The number of aromatic amines is 1. The smallest absolute Gasteiger partial charge is 0.348 e. The van der Waals surface area contributed by atoms with E-state index in [1.165, 1.54) is 10.9 Å². The molecule has 3 aromatic heterocycles. The SMILES string of the molecule is Nc1nc(Cl)nc2c1ncn2[C@@H]1O[C@@H]2C(OC(Cc3nnn[nH]3)(C(=O)O)C(=O)O)C2[C@@H]1F. The van der Waals surface area contributed by atoms with Crippen molar-refractivity contribution >= 4 is 40.5 Å². The van der Waals surface area contributed by atoms with Gasteiger partial charge in [-0.3, -0.25) is 4.57 Å². The molecule has 4 heterocycles. The predicted octanol–water partition coefficient (Wildman–Crippen LogP) is -1.02. The summed E-state index contributed by atoms with van der Waals surface area (Å²) in [5.41, 5.74) is 3.36. The third-order valence-corrected chi connectivity index (χ3v) is 5.58. The summed E-state index contributed by atoms with van der Waals surface area (Å²) in [6.45, 7) is 0. The average Bonchev–Trinajstić information content (AvgIpc) is 3.13. The number of nitrogen functional groups attached to an aromatic ring is 1. The Morgan fingerprint density at radius 3 is 2.72 bits per heavy atom. The van der Waals surface area contributed by atoms with Gasteiger partial charge in [0.15, 0.2) is 29.7 Å². The van der Waals surface area contributed by atoms with Crippen molar-refractivity contribution in [1.82, 2.24) is 40.1 Å². The Labute approximate surface area is 180 Å². The number of nitrogens with one attached hydrogen (secondary N) is 1. The fourth-order valence-corrected chi connectivity index (χ4v) is 3.97. The quantitative estimate of drug-likeness (QED) is 0.241. The highest BCUT2D eigenvalue weighted by atomic mass is 35.5. The van der Waals surface area contributed by atoms with Crippen molar-refractivity contribution in [2.24, 2.45) is 5.92 Å². The normalized spacial score (nSPS) is 26.9. The van der Waals surface area contributed by atoms with Gasteiger partial charge in [0.2, 0.25) is 5.28 Å². The van der Waals surface area contributed by atoms with Crippen LogP contribution < -0.4 is 5.73 Å². The molecule has 2 aliphatic rings. The Morgan fingerprint density at radius 2 is 2.12 bits per heavy atom. The summed E-state index contributed by atoms with van der Waals surface area (Å²) < 4.78 is 27.6. The molecule has 5 atom stereocenters. The number of carboxylic acids is 2. The molecule has 1 saturated carbocycles. The highest BCUT2D eigenvalue weighted by Gasteiger charge is 2.69. The van der Waals surface area contributed by atoms with Gasteiger partial charge in [-0.1, -0.05) is 0 Å². The number of anilines is 1. The molecule has 2 unspecified atom stereocenters. The number of alkyl halides is 1. The molecule has 0 amide bonds. The minimum Gasteiger partial charge on any atom is -0.479 e. The second kappa shape index (κ2) is 7.01. The van der Waals surface area contributed by atoms with E-state index in [0.29, 0.717) is 0 Å². The van der Waals surface area contributed by atoms with Gasteiger partial charge in [-0.25, -0.2) is 24.1 Å². The first-order chi connectivity index (χ1) is 15.2. The van der Waals surface area contributed by atoms with Crippen LogP contribution in [0.15, 0.2) is 6.33 Å². The van der Waals surface area contributed by atoms with Crippen LogP contribution in [-0.2, 0) is 25.5 Å². The first kappa shape index (κ1) is 20.4. The lowest BCUT2D eigenvalue weighted by Gasteiger charge is -2.27. The first-order valence-electron chi connectivity index (χ1n) is 9.05. The average molecular weight is 470 g/mol. The minimum absolute atomic E-state index is 0.00753. The Bertz CT molecular complexity index is 1210. The van der Waals surface area contributed by atoms with Crippen LogP contribution in [0, 0.1) is 5.92 Å². The number of halogens is 2. The number of fused-ring (bicyclic) bond motifs is 2. The van der Waals surface area contributed by atoms with Crippen molar-refractivity contribution in [3.63, 3.8) is 0 Å². The Morgan fingerprint density at radius 1 is 1.38 bits per heavy atom. The monoisotopic (exact) mass is 469 g/mol. The molecule has 32 heavy (non-hydrogen) atoms. The second-order valence-corrected chi connectivity index (χ2v) is 7.60. The van der Waals surface area contributed by atoms with Crippen molar-refractivity contribution in [2.45, 2.75) is 36.6 Å². The van der Waals surface area contributed by atoms with E-state index in [0.717, 1.165) is 0 Å². The van der Waals surface area contributed by atoms with E-state index in [2.05, 4.69) is 35.6 Å². The largest absolute Gasteiger partial charge is 0.479 e. The van der Waals surface area contributed by atoms with Crippen LogP contribution in [0.2, 0.25) is 5.28 Å². The summed E-state index contributed by atoms with van der Waals surface area (Å²) in [5.74, 6) is -4.62. The lowest BCUT2D eigenvalue weighted by molar-refractivity contribution is -0.191. The summed E-state index contributed by atoms with van der Waals surface area (Å²) in [5, 5.41) is 31.4. The standard InChI is InChI=1S/C15H13ClFN9O6/c16-14-20-9(18)6-10(21-14)26(2-19-6)11-5(17)4-7(31-11)8(4)32-15(12(27)28,13(29)30)1-3-22-24-25-23-3/h2,4-5,7-8,11H,1H2,(H,27,28)(H,29,30)(H2,18,20,21)(H,22,23,24,25)/t4?,5-,7-,8?,11+/m0/s1. The van der Waals surface area contributed by atoms with Crippen molar-refractivity contribution in [3.05, 3.63) is 17.4 Å². The van der Waals surface area contributed by atoms with Gasteiger partial charge >= 0.3 is 11.9 Å². The van der Waals surface area contributed by atoms with Crippen LogP contribution in [-0.4, -0.2) is 86.3 Å². The number of H-pyrrole nitrogens is 1. The van der Waals surface area contributed by atoms with Gasteiger partial charge in [-0.15, -0.1) is 5.10 Å². The summed E-state index contributed by atoms with van der Waals surface area (Å²) in [6.07, 6.45) is -4.33. The number of rotatable bonds is 7. The molecule has 0 spiro atoms. The van der Waals surface area contributed by atoms with Crippen LogP contribution >= 0.6 is 11.6 Å². The van der Waals surface area contributed by atoms with Crippen LogP contribution in [0.25, 0.3) is 11.2 Å². The highest BCUT2D eigenvalue weighted by Crippen LogP contribution is 2.54. The number of aliphatic carboxylic acids is 2. The molecule has 2 fully saturated rings. The number of nitrogens with zero attached hydrogens (tertiary/aromatic N) is 7. The van der Waals surface area contributed by atoms with Crippen LogP contribution in [0.3, 0.4) is 0 Å². The van der Waals surface area contributed by atoms with Crippen molar-refractivity contribution in [1.29, 1.82) is 0 Å². The summed E-state index contributed by atoms with van der Waals surface area (Å²) in [4.78, 5) is 35.5. The number of nitrogens with two attached hydrogens (primary N) is 1. The minimum atomic E-state index is -2.74. The third kappa shape index (κ3) is 2.94. The number of imidazole rings is 1. The van der Waals surface area contributed by atoms with E-state index in [-0.39, 0.29) is 28.1 Å². The Hall–Kier alpha value is -3.50. The molecule has 1 aliphatic heterocycles. The van der Waals surface area contributed by atoms with E-state index in [1.54, 1.807) is 0 Å². The molecule has 168 valence electrons. The molecule has 3 aromatic rings. The molecule has 17 heteroatoms. The lowest BCUT2D eigenvalue weighted by atomic mass is 9.99. The third-order valence-electron chi connectivity index (χ3n) is 5.41. The van der Waals surface area contributed by atoms with Crippen molar-refractivity contribution < 1.29 is 33.7 Å². The number of aromatic nitrogens is 8. The van der Waals surface area contributed by atoms with Gasteiger partial charge in [0.25, 0.3) is 5.60 Å². The molecular formula is C15H13ClFN9O6. The molecular weight excluding hydrogens is 457 g/mol. The maximum Gasteiger partial charge on any atom is 0.348 e. The molecule has 0 radical (unpaired) electrons. The maximum atomic E-state index is 15.2. The van der Waals surface area contributed by atoms with Gasteiger partial charge in [-0.2, -0.15) is 9.97 Å². The van der Waals surface area contributed by atoms with Crippen molar-refractivity contribution in [2.75, 3.05) is 5.73 Å². The summed E-state index contributed by atoms with van der Waals surface area (Å²) >= 11 is 5.82. The second-order valence-electron chi connectivity index (χ2n) is 7.26. The number of carboxylic acid groups (broad SMARTS) is 2. The molecule has 15 nitrogen and oxygen atoms in total. The van der Waals surface area contributed by atoms with Crippen LogP contribution in [0.5, 0.6) is 0 Å². The summed E-state index contributed by atoms with van der Waals surface area (Å²) in [7, 11) is 0. The van der Waals surface area contributed by atoms with Gasteiger partial charge in [-0.05, 0) is 22.0 Å². The number of carbonyl (C=O) groups is 2. The van der Waals surface area contributed by atoms with E-state index in [9.17, 15) is 19.8 Å². The predicted molar refractivity (Wildman–Crippen MR) is 97.8 cm³/mol. The van der Waals surface area contributed by atoms with E-state index >= 15 is 4.39 Å². The van der Waals surface area contributed by atoms with E-state index < -0.39 is 54.5 Å². The number of ether oxygens (including phenoxy) is 2. The molecule has 0 aromatic carbocycles. The zero-order chi connectivity index (χ0) is 22.8. The molecule has 1 saturated heterocycles. The van der Waals surface area contributed by atoms with Crippen molar-refractivity contribution in [3.8, 4) is 0 Å². The Balaban J connectivity index is 1.38. The van der Waals surface area contributed by atoms with Crippen LogP contribution in [0.1, 0.15) is 12.1 Å². The zero-order valence-corrected chi connectivity index (χ0v) is 16.4. The summed E-state index contributed by atoms with van der Waals surface area (Å²) in [6, 6.07) is 0. The Kier molecular flexibility index (Phi) is 4.47. The molecule has 1 aliphatic carbocycles. The highest BCUT2D eigenvalue weighted by molar-refractivity contribution is 6.28. The van der Waals surface area contributed by atoms with Gasteiger partial charge in [0.05, 0.1) is 30.9 Å². The molecule has 5 rings (SSSR count). The fourth-order valence-electron chi connectivity index (χ4n) is 3.80. The number of hydrogen-bond donors (Lipinski definition) is 4. The number of tetrazole rings is 1. The van der Waals surface area contributed by atoms with E-state index in [1.807, 2.05) is 0 Å². The van der Waals surface area contributed by atoms with E-state index in [4.69, 9.17) is 26.8 Å². The van der Waals surface area contributed by atoms with Crippen LogP contribution in [0.4, 0.5) is 10.2 Å². The fraction of sp³-hybridized carbons (Fsp3) is 0.467. The number of hydrogen-bond acceptors (Lipinski definition) is 11. The van der Waals surface area contributed by atoms with Gasteiger partial charge in [0.1, 0.15) is 5.52 Å². The lowest BCUT2D eigenvalue weighted by Crippen LogP contribution is -2.52. The zero-order valence-electron chi connectivity index (χ0n) is 15.7. The maximum absolute atomic E-state index is 15.2. The molecule has 0 bridgehead atoms. The van der Waals surface area contributed by atoms with Gasteiger partial charge in [0, 0.05) is 0 Å². The first-order valence-corrected chi connectivity index (χ1v) is 9.43.